The molecule has 7 heteroatoms. The van der Waals surface area contributed by atoms with Crippen molar-refractivity contribution in [1.29, 1.82) is 0 Å². The van der Waals surface area contributed by atoms with E-state index in [0.29, 0.717) is 29.6 Å². The third kappa shape index (κ3) is 4.84. The van der Waals surface area contributed by atoms with Gasteiger partial charge in [0, 0.05) is 12.5 Å². The van der Waals surface area contributed by atoms with Crippen LogP contribution in [-0.2, 0) is 4.79 Å². The lowest BCUT2D eigenvalue weighted by Gasteiger charge is -2.12. The van der Waals surface area contributed by atoms with Crippen LogP contribution in [0, 0.1) is 0 Å². The molecule has 0 aliphatic carbocycles. The van der Waals surface area contributed by atoms with Crippen LogP contribution in [0.15, 0.2) is 30.3 Å². The van der Waals surface area contributed by atoms with Crippen LogP contribution in [0.3, 0.4) is 0 Å². The summed E-state index contributed by atoms with van der Waals surface area (Å²) in [5.74, 6) is 2.26. The van der Waals surface area contributed by atoms with E-state index < -0.39 is 0 Å². The fraction of sp³-hybridized carbons (Fsp3) is 0.353. The molecule has 0 atom stereocenters. The van der Waals surface area contributed by atoms with Gasteiger partial charge in [0.1, 0.15) is 11.5 Å². The van der Waals surface area contributed by atoms with E-state index in [1.54, 1.807) is 32.4 Å². The molecular weight excluding hydrogens is 308 g/mol. The van der Waals surface area contributed by atoms with Crippen molar-refractivity contribution in [2.24, 2.45) is 0 Å². The first-order chi connectivity index (χ1) is 11.7. The molecule has 0 aliphatic rings. The van der Waals surface area contributed by atoms with E-state index in [0.717, 1.165) is 18.5 Å². The van der Waals surface area contributed by atoms with Gasteiger partial charge in [-0.3, -0.25) is 4.79 Å². The SMILES string of the molecule is CCCCC(=O)Nc1ccc(Nc2ccc(OC)cc2OC)nn1. The highest BCUT2D eigenvalue weighted by atomic mass is 16.5. The number of aromatic nitrogens is 2. The third-order valence-electron chi connectivity index (χ3n) is 3.36. The minimum atomic E-state index is -0.0521. The second kappa shape index (κ2) is 8.71. The Morgan fingerprint density at radius 2 is 1.83 bits per heavy atom. The zero-order chi connectivity index (χ0) is 17.4. The molecule has 1 amide bonds. The highest BCUT2D eigenvalue weighted by Crippen LogP contribution is 2.30. The monoisotopic (exact) mass is 330 g/mol. The number of unbranched alkanes of at least 4 members (excludes halogenated alkanes) is 1. The quantitative estimate of drug-likeness (QED) is 0.772. The zero-order valence-corrected chi connectivity index (χ0v) is 14.1. The van der Waals surface area contributed by atoms with Crippen molar-refractivity contribution >= 4 is 23.2 Å². The zero-order valence-electron chi connectivity index (χ0n) is 14.1. The van der Waals surface area contributed by atoms with Crippen molar-refractivity contribution < 1.29 is 14.3 Å². The van der Waals surface area contributed by atoms with Gasteiger partial charge in [0.15, 0.2) is 11.6 Å². The summed E-state index contributed by atoms with van der Waals surface area (Å²) in [5, 5.41) is 13.9. The van der Waals surface area contributed by atoms with Crippen LogP contribution in [0.4, 0.5) is 17.3 Å². The molecule has 0 aliphatic heterocycles. The second-order valence-electron chi connectivity index (χ2n) is 5.15. The molecule has 0 spiro atoms. The van der Waals surface area contributed by atoms with E-state index in [-0.39, 0.29) is 5.91 Å². The van der Waals surface area contributed by atoms with E-state index in [2.05, 4.69) is 20.8 Å². The van der Waals surface area contributed by atoms with Crippen molar-refractivity contribution in [1.82, 2.24) is 10.2 Å². The molecular formula is C17H22N4O3. The van der Waals surface area contributed by atoms with E-state index in [1.165, 1.54) is 0 Å². The molecule has 0 radical (unpaired) electrons. The maximum absolute atomic E-state index is 11.7. The molecule has 128 valence electrons. The summed E-state index contributed by atoms with van der Waals surface area (Å²) >= 11 is 0. The molecule has 0 saturated heterocycles. The first-order valence-corrected chi connectivity index (χ1v) is 7.79. The average molecular weight is 330 g/mol. The Morgan fingerprint density at radius 3 is 2.46 bits per heavy atom. The van der Waals surface area contributed by atoms with Gasteiger partial charge in [-0.2, -0.15) is 0 Å². The second-order valence-corrected chi connectivity index (χ2v) is 5.15. The summed E-state index contributed by atoms with van der Waals surface area (Å²) in [5.41, 5.74) is 0.743. The maximum atomic E-state index is 11.7. The predicted molar refractivity (Wildman–Crippen MR) is 93.0 cm³/mol. The molecule has 2 rings (SSSR count). The summed E-state index contributed by atoms with van der Waals surface area (Å²) in [6.07, 6.45) is 2.32. The molecule has 7 nitrogen and oxygen atoms in total. The Bertz CT molecular complexity index is 674. The van der Waals surface area contributed by atoms with E-state index in [9.17, 15) is 4.79 Å². The number of amides is 1. The third-order valence-corrected chi connectivity index (χ3v) is 3.36. The number of hydrogen-bond donors (Lipinski definition) is 2. The van der Waals surface area contributed by atoms with Crippen LogP contribution in [0.1, 0.15) is 26.2 Å². The first kappa shape index (κ1) is 17.5. The lowest BCUT2D eigenvalue weighted by molar-refractivity contribution is -0.116. The van der Waals surface area contributed by atoms with Crippen LogP contribution < -0.4 is 20.1 Å². The topological polar surface area (TPSA) is 85.4 Å². The van der Waals surface area contributed by atoms with Gasteiger partial charge < -0.3 is 20.1 Å². The Morgan fingerprint density at radius 1 is 1.08 bits per heavy atom. The Hall–Kier alpha value is -2.83. The van der Waals surface area contributed by atoms with Crippen LogP contribution in [0.2, 0.25) is 0 Å². The van der Waals surface area contributed by atoms with Gasteiger partial charge in [0.25, 0.3) is 0 Å². The number of methoxy groups -OCH3 is 2. The molecule has 1 aromatic carbocycles. The molecule has 2 N–H and O–H groups in total. The maximum Gasteiger partial charge on any atom is 0.225 e. The molecule has 0 fully saturated rings. The van der Waals surface area contributed by atoms with Crippen LogP contribution in [0.25, 0.3) is 0 Å². The van der Waals surface area contributed by atoms with Gasteiger partial charge in [-0.05, 0) is 30.7 Å². The van der Waals surface area contributed by atoms with Crippen molar-refractivity contribution in [3.05, 3.63) is 30.3 Å². The summed E-state index contributed by atoms with van der Waals surface area (Å²) in [4.78, 5) is 11.7. The molecule has 0 saturated carbocycles. The Balaban J connectivity index is 2.02. The number of nitrogens with zero attached hydrogens (tertiary/aromatic N) is 2. The summed E-state index contributed by atoms with van der Waals surface area (Å²) in [7, 11) is 3.18. The lowest BCUT2D eigenvalue weighted by Crippen LogP contribution is -2.12. The number of carbonyl (C=O) groups excluding carboxylic acids is 1. The number of carbonyl (C=O) groups is 1. The van der Waals surface area contributed by atoms with Gasteiger partial charge in [-0.25, -0.2) is 0 Å². The minimum absolute atomic E-state index is 0.0521. The molecule has 0 unspecified atom stereocenters. The summed E-state index contributed by atoms with van der Waals surface area (Å²) in [6, 6.07) is 8.87. The summed E-state index contributed by atoms with van der Waals surface area (Å²) < 4.78 is 10.5. The van der Waals surface area contributed by atoms with Crippen molar-refractivity contribution in [2.45, 2.75) is 26.2 Å². The molecule has 1 heterocycles. The highest BCUT2D eigenvalue weighted by molar-refractivity contribution is 5.89. The van der Waals surface area contributed by atoms with Crippen molar-refractivity contribution in [3.8, 4) is 11.5 Å². The Labute approximate surface area is 141 Å². The normalized spacial score (nSPS) is 10.1. The number of anilines is 3. The number of ether oxygens (including phenoxy) is 2. The number of benzene rings is 1. The fourth-order valence-electron chi connectivity index (χ4n) is 2.05. The predicted octanol–water partition coefficient (Wildman–Crippen LogP) is 3.37. The van der Waals surface area contributed by atoms with Crippen LogP contribution >= 0.6 is 0 Å². The van der Waals surface area contributed by atoms with Gasteiger partial charge >= 0.3 is 0 Å². The summed E-state index contributed by atoms with van der Waals surface area (Å²) in [6.45, 7) is 2.04. The smallest absolute Gasteiger partial charge is 0.225 e. The number of hydrogen-bond acceptors (Lipinski definition) is 6. The van der Waals surface area contributed by atoms with Crippen LogP contribution in [0.5, 0.6) is 11.5 Å². The Kier molecular flexibility index (Phi) is 6.36. The molecule has 2 aromatic rings. The largest absolute Gasteiger partial charge is 0.497 e. The lowest BCUT2D eigenvalue weighted by atomic mass is 10.2. The van der Waals surface area contributed by atoms with Gasteiger partial charge in [-0.1, -0.05) is 13.3 Å². The van der Waals surface area contributed by atoms with E-state index >= 15 is 0 Å². The molecule has 1 aromatic heterocycles. The van der Waals surface area contributed by atoms with Crippen LogP contribution in [-0.4, -0.2) is 30.3 Å². The minimum Gasteiger partial charge on any atom is -0.497 e. The van der Waals surface area contributed by atoms with Crippen molar-refractivity contribution in [2.75, 3.05) is 24.9 Å². The first-order valence-electron chi connectivity index (χ1n) is 7.79. The van der Waals surface area contributed by atoms with Gasteiger partial charge in [0.2, 0.25) is 5.91 Å². The fourth-order valence-corrected chi connectivity index (χ4v) is 2.05. The molecule has 24 heavy (non-hydrogen) atoms. The number of rotatable bonds is 8. The van der Waals surface area contributed by atoms with Gasteiger partial charge in [-0.15, -0.1) is 10.2 Å². The number of nitrogens with one attached hydrogen (secondary N) is 2. The van der Waals surface area contributed by atoms with E-state index in [4.69, 9.17) is 9.47 Å². The standard InChI is InChI=1S/C17H22N4O3/c1-4-5-6-17(22)19-16-10-9-15(20-21-16)18-13-8-7-12(23-2)11-14(13)24-3/h7-11H,4-6H2,1-3H3,(H,18,20)(H,19,21,22). The van der Waals surface area contributed by atoms with Crippen molar-refractivity contribution in [3.63, 3.8) is 0 Å². The average Bonchev–Trinajstić information content (AvgIpc) is 2.62. The van der Waals surface area contributed by atoms with E-state index in [1.807, 2.05) is 19.1 Å². The van der Waals surface area contributed by atoms with Gasteiger partial charge in [0.05, 0.1) is 19.9 Å². The molecule has 0 bridgehead atoms. The highest BCUT2D eigenvalue weighted by Gasteiger charge is 2.07.